The van der Waals surface area contributed by atoms with Gasteiger partial charge < -0.3 is 10.1 Å². The van der Waals surface area contributed by atoms with Gasteiger partial charge in [0, 0.05) is 0 Å². The molecule has 1 spiro atoms. The van der Waals surface area contributed by atoms with Gasteiger partial charge in [0.25, 0.3) is 0 Å². The van der Waals surface area contributed by atoms with Crippen LogP contribution < -0.4 is 5.32 Å². The van der Waals surface area contributed by atoms with Crippen molar-refractivity contribution in [2.75, 3.05) is 6.54 Å². The first-order valence-electron chi connectivity index (χ1n) is 4.98. The molecule has 13 heavy (non-hydrogen) atoms. The zero-order chi connectivity index (χ0) is 9.53. The van der Waals surface area contributed by atoms with Crippen molar-refractivity contribution in [1.29, 1.82) is 0 Å². The van der Waals surface area contributed by atoms with Gasteiger partial charge in [-0.2, -0.15) is 0 Å². The van der Waals surface area contributed by atoms with Gasteiger partial charge in [0.05, 0.1) is 6.54 Å². The number of carbonyl (C=O) groups excluding carboxylic acids is 1. The molecule has 3 heteroatoms. The molecule has 0 atom stereocenters. The maximum atomic E-state index is 10.9. The number of rotatable bonds is 0. The second-order valence-corrected chi connectivity index (χ2v) is 5.09. The van der Waals surface area contributed by atoms with Crippen LogP contribution in [0.5, 0.6) is 0 Å². The molecule has 74 valence electrons. The fourth-order valence-electron chi connectivity index (χ4n) is 2.16. The van der Waals surface area contributed by atoms with E-state index in [0.29, 0.717) is 12.0 Å². The number of nitrogens with one attached hydrogen (secondary N) is 1. The highest BCUT2D eigenvalue weighted by Gasteiger charge is 2.44. The third kappa shape index (κ3) is 1.64. The Morgan fingerprint density at radius 1 is 1.23 bits per heavy atom. The predicted octanol–water partition coefficient (Wildman–Crippen LogP) is 2.07. The molecule has 1 heterocycles. The van der Waals surface area contributed by atoms with Crippen LogP contribution >= 0.6 is 0 Å². The molecule has 1 amide bonds. The van der Waals surface area contributed by atoms with Crippen molar-refractivity contribution in [3.8, 4) is 0 Å². The highest BCUT2D eigenvalue weighted by molar-refractivity contribution is 5.70. The van der Waals surface area contributed by atoms with Crippen molar-refractivity contribution < 1.29 is 9.53 Å². The maximum Gasteiger partial charge on any atom is 0.407 e. The van der Waals surface area contributed by atoms with Gasteiger partial charge in [0.2, 0.25) is 0 Å². The molecule has 0 radical (unpaired) electrons. The number of carbonyl (C=O) groups is 1. The van der Waals surface area contributed by atoms with E-state index in [9.17, 15) is 4.79 Å². The molecule has 3 nitrogen and oxygen atoms in total. The lowest BCUT2D eigenvalue weighted by atomic mass is 9.71. The molecule has 1 aliphatic heterocycles. The van der Waals surface area contributed by atoms with Crippen LogP contribution in [-0.2, 0) is 4.74 Å². The first-order valence-corrected chi connectivity index (χ1v) is 4.98. The number of hydrogen-bond acceptors (Lipinski definition) is 2. The highest BCUT2D eigenvalue weighted by Crippen LogP contribution is 2.42. The summed E-state index contributed by atoms with van der Waals surface area (Å²) in [5.74, 6) is 0. The van der Waals surface area contributed by atoms with E-state index in [1.807, 2.05) is 0 Å². The summed E-state index contributed by atoms with van der Waals surface area (Å²) < 4.78 is 5.33. The molecule has 0 bridgehead atoms. The average molecular weight is 183 g/mol. The summed E-state index contributed by atoms with van der Waals surface area (Å²) in [6.07, 6.45) is 4.10. The van der Waals surface area contributed by atoms with E-state index < -0.39 is 0 Å². The summed E-state index contributed by atoms with van der Waals surface area (Å²) in [6, 6.07) is 0. The van der Waals surface area contributed by atoms with E-state index in [1.54, 1.807) is 0 Å². The third-order valence-electron chi connectivity index (χ3n) is 3.38. The maximum absolute atomic E-state index is 10.9. The van der Waals surface area contributed by atoms with Crippen LogP contribution in [0.15, 0.2) is 0 Å². The summed E-state index contributed by atoms with van der Waals surface area (Å²) in [7, 11) is 0. The van der Waals surface area contributed by atoms with Gasteiger partial charge in [-0.25, -0.2) is 4.79 Å². The number of ether oxygens (including phenoxy) is 1. The van der Waals surface area contributed by atoms with E-state index in [1.165, 1.54) is 0 Å². The second kappa shape index (κ2) is 2.63. The van der Waals surface area contributed by atoms with Crippen molar-refractivity contribution in [1.82, 2.24) is 5.32 Å². The van der Waals surface area contributed by atoms with Crippen LogP contribution in [0.25, 0.3) is 0 Å². The normalized spacial score (nSPS) is 29.8. The molecule has 1 N–H and O–H groups in total. The van der Waals surface area contributed by atoms with Crippen LogP contribution in [0.3, 0.4) is 0 Å². The van der Waals surface area contributed by atoms with Gasteiger partial charge in [-0.05, 0) is 31.1 Å². The van der Waals surface area contributed by atoms with E-state index in [4.69, 9.17) is 4.74 Å². The van der Waals surface area contributed by atoms with Gasteiger partial charge in [0.15, 0.2) is 0 Å². The molecule has 0 aromatic rings. The number of hydrogen-bond donors (Lipinski definition) is 1. The average Bonchev–Trinajstić information content (AvgIpc) is 2.41. The number of alkyl carbamates (subject to hydrolysis) is 1. The Bertz CT molecular complexity index is 225. The smallest absolute Gasteiger partial charge is 0.407 e. The minimum Gasteiger partial charge on any atom is -0.441 e. The minimum absolute atomic E-state index is 0.160. The molecule has 1 aliphatic carbocycles. The summed E-state index contributed by atoms with van der Waals surface area (Å²) in [4.78, 5) is 10.9. The first-order chi connectivity index (χ1) is 6.02. The third-order valence-corrected chi connectivity index (χ3v) is 3.38. The monoisotopic (exact) mass is 183 g/mol. The second-order valence-electron chi connectivity index (χ2n) is 5.09. The minimum atomic E-state index is -0.236. The molecule has 1 saturated carbocycles. The molecule has 0 unspecified atom stereocenters. The standard InChI is InChI=1S/C10H17NO2/c1-9(2)3-5-10(6-4-9)7-11-8(12)13-10/h3-7H2,1-2H3,(H,11,12). The van der Waals surface area contributed by atoms with Crippen molar-refractivity contribution in [2.45, 2.75) is 45.1 Å². The van der Waals surface area contributed by atoms with Crippen molar-refractivity contribution in [2.24, 2.45) is 5.41 Å². The van der Waals surface area contributed by atoms with E-state index in [2.05, 4.69) is 19.2 Å². The zero-order valence-electron chi connectivity index (χ0n) is 8.35. The van der Waals surface area contributed by atoms with Crippen LogP contribution in [0.2, 0.25) is 0 Å². The Kier molecular flexibility index (Phi) is 1.79. The summed E-state index contributed by atoms with van der Waals surface area (Å²) in [6.45, 7) is 5.27. The van der Waals surface area contributed by atoms with Gasteiger partial charge >= 0.3 is 6.09 Å². The molecule has 0 aromatic heterocycles. The Morgan fingerprint density at radius 3 is 2.31 bits per heavy atom. The Morgan fingerprint density at radius 2 is 1.85 bits per heavy atom. The van der Waals surface area contributed by atoms with Crippen LogP contribution in [-0.4, -0.2) is 18.2 Å². The lowest BCUT2D eigenvalue weighted by molar-refractivity contribution is -0.00311. The predicted molar refractivity (Wildman–Crippen MR) is 49.5 cm³/mol. The van der Waals surface area contributed by atoms with Crippen LogP contribution in [0, 0.1) is 5.41 Å². The molecule has 2 fully saturated rings. The largest absolute Gasteiger partial charge is 0.441 e. The topological polar surface area (TPSA) is 38.3 Å². The Labute approximate surface area is 78.8 Å². The molecule has 2 aliphatic rings. The summed E-state index contributed by atoms with van der Waals surface area (Å²) >= 11 is 0. The Hall–Kier alpha value is -0.730. The first kappa shape index (κ1) is 8.85. The lowest BCUT2D eigenvalue weighted by Crippen LogP contribution is -2.39. The molecule has 2 rings (SSSR count). The van der Waals surface area contributed by atoms with E-state index >= 15 is 0 Å². The summed E-state index contributed by atoms with van der Waals surface area (Å²) in [5, 5.41) is 2.75. The highest BCUT2D eigenvalue weighted by atomic mass is 16.6. The fraction of sp³-hybridized carbons (Fsp3) is 0.900. The van der Waals surface area contributed by atoms with Crippen LogP contribution in [0.1, 0.15) is 39.5 Å². The van der Waals surface area contributed by atoms with Gasteiger partial charge in [-0.1, -0.05) is 13.8 Å². The fourth-order valence-corrected chi connectivity index (χ4v) is 2.16. The Balaban J connectivity index is 2.01. The van der Waals surface area contributed by atoms with Crippen LogP contribution in [0.4, 0.5) is 4.79 Å². The number of amides is 1. The van der Waals surface area contributed by atoms with Gasteiger partial charge in [0.1, 0.15) is 5.60 Å². The van der Waals surface area contributed by atoms with Crippen molar-refractivity contribution >= 4 is 6.09 Å². The van der Waals surface area contributed by atoms with Gasteiger partial charge in [-0.3, -0.25) is 0 Å². The molecular weight excluding hydrogens is 166 g/mol. The summed E-state index contributed by atoms with van der Waals surface area (Å²) in [5.41, 5.74) is 0.271. The van der Waals surface area contributed by atoms with Gasteiger partial charge in [-0.15, -0.1) is 0 Å². The SMILES string of the molecule is CC1(C)CCC2(CC1)CNC(=O)O2. The zero-order valence-corrected chi connectivity index (χ0v) is 8.35. The lowest BCUT2D eigenvalue weighted by Gasteiger charge is -2.39. The van der Waals surface area contributed by atoms with Crippen molar-refractivity contribution in [3.05, 3.63) is 0 Å². The molecule has 0 aromatic carbocycles. The molecule has 1 saturated heterocycles. The molecular formula is C10H17NO2. The van der Waals surface area contributed by atoms with E-state index in [-0.39, 0.29) is 11.7 Å². The van der Waals surface area contributed by atoms with E-state index in [0.717, 1.165) is 25.7 Å². The quantitative estimate of drug-likeness (QED) is 0.624. The van der Waals surface area contributed by atoms with Crippen molar-refractivity contribution in [3.63, 3.8) is 0 Å².